The molecular weight excluding hydrogens is 59.0 g/mol. The molecule has 0 amide bonds. The van der Waals surface area contributed by atoms with E-state index in [9.17, 15) is 0 Å². The van der Waals surface area contributed by atoms with Gasteiger partial charge in [-0.15, -0.1) is 0 Å². The van der Waals surface area contributed by atoms with Crippen molar-refractivity contribution in [3.05, 3.63) is 0 Å². The fourth-order valence-electron chi connectivity index (χ4n) is 0. The van der Waals surface area contributed by atoms with Crippen LogP contribution < -0.4 is 0 Å². The van der Waals surface area contributed by atoms with Gasteiger partial charge in [0.2, 0.25) is 0 Å². The molecule has 0 bridgehead atoms. The fraction of sp³-hybridized carbons (Fsp3) is 1.00. The fourth-order valence-corrected chi connectivity index (χ4v) is 0. The van der Waals surface area contributed by atoms with E-state index in [1.165, 1.54) is 27.9 Å². The van der Waals surface area contributed by atoms with Crippen molar-refractivity contribution in [2.45, 2.75) is 17.0 Å². The van der Waals surface area contributed by atoms with Crippen molar-refractivity contribution in [2.24, 2.45) is 0 Å². The molecule has 0 heterocycles. The predicted octanol–water partition coefficient (Wildman–Crippen LogP) is 0.983. The summed E-state index contributed by atoms with van der Waals surface area (Å²) < 4.78 is 0.972. The van der Waals surface area contributed by atoms with Crippen LogP contribution in [0.15, 0.2) is 0 Å². The van der Waals surface area contributed by atoms with Crippen LogP contribution in [0.3, 0.4) is 0 Å². The molecule has 0 saturated carbocycles. The van der Waals surface area contributed by atoms with Gasteiger partial charge < -0.3 is 0 Å². The zero-order valence-corrected chi connectivity index (χ0v) is 5.58. The van der Waals surface area contributed by atoms with Gasteiger partial charge in [-0.2, -0.15) is 0 Å². The van der Waals surface area contributed by atoms with E-state index < -0.39 is 0 Å². The third-order valence-corrected chi connectivity index (χ3v) is 0. The molecule has 0 radical (unpaired) electrons. The molecule has 0 fully saturated rings. The number of hydrogen-bond acceptors (Lipinski definition) is 0. The van der Waals surface area contributed by atoms with Gasteiger partial charge >= 0.3 is 44.9 Å². The molecule has 0 aromatic rings. The standard InChI is InChI=1S/C3H7.Na/c1-3-2;/h3H,1-2H3;. The Bertz CT molecular complexity index is 8.00. The monoisotopic (exact) mass is 66.0 g/mol. The van der Waals surface area contributed by atoms with Crippen molar-refractivity contribution < 1.29 is 0 Å². The first-order valence-corrected chi connectivity index (χ1v) is 2.89. The molecule has 0 rings (SSSR count). The van der Waals surface area contributed by atoms with Crippen LogP contribution in [0.2, 0.25) is 3.17 Å². The predicted molar refractivity (Wildman–Crippen MR) is 20.9 cm³/mol. The molecule has 0 N–H and O–H groups in total. The summed E-state index contributed by atoms with van der Waals surface area (Å²) in [5.41, 5.74) is 0. The Labute approximate surface area is 45.0 Å². The Balaban J connectivity index is 2.32. The van der Waals surface area contributed by atoms with Gasteiger partial charge in [0.1, 0.15) is 0 Å². The normalized spacial score (nSPS) is 9.25. The third kappa shape index (κ3) is 12.0. The third-order valence-electron chi connectivity index (χ3n) is 0. The van der Waals surface area contributed by atoms with Gasteiger partial charge in [0.25, 0.3) is 0 Å². The van der Waals surface area contributed by atoms with E-state index in [0.717, 1.165) is 3.17 Å². The summed E-state index contributed by atoms with van der Waals surface area (Å²) in [7, 11) is 0. The maximum atomic E-state index is 2.23. The summed E-state index contributed by atoms with van der Waals surface area (Å²) in [5.74, 6) is 0. The molecule has 0 nitrogen and oxygen atoms in total. The average Bonchev–Trinajstić information content (AvgIpc) is 0.811. The van der Waals surface area contributed by atoms with Crippen LogP contribution in [-0.2, 0) is 0 Å². The van der Waals surface area contributed by atoms with Gasteiger partial charge in [0, 0.05) is 0 Å². The second-order valence-corrected chi connectivity index (χ2v) is 4.04. The van der Waals surface area contributed by atoms with E-state index in [2.05, 4.69) is 13.8 Å². The Hall–Kier alpha value is 1.00. The first kappa shape index (κ1) is 5.00. The Morgan fingerprint density at radius 1 is 1.50 bits per heavy atom. The van der Waals surface area contributed by atoms with Crippen molar-refractivity contribution in [2.75, 3.05) is 0 Å². The Kier molecular flexibility index (Phi) is 2.81. The number of rotatable bonds is 0. The molecule has 0 spiro atoms. The summed E-state index contributed by atoms with van der Waals surface area (Å²) in [5, 5.41) is 0. The van der Waals surface area contributed by atoms with Gasteiger partial charge in [0.15, 0.2) is 0 Å². The van der Waals surface area contributed by atoms with Gasteiger partial charge in [-0.1, -0.05) is 0 Å². The first-order chi connectivity index (χ1) is 1.73. The van der Waals surface area contributed by atoms with E-state index in [-0.39, 0.29) is 0 Å². The van der Waals surface area contributed by atoms with Gasteiger partial charge in [0.05, 0.1) is 0 Å². The van der Waals surface area contributed by atoms with Crippen molar-refractivity contribution in [1.82, 2.24) is 0 Å². The van der Waals surface area contributed by atoms with Gasteiger partial charge in [-0.25, -0.2) is 0 Å². The molecule has 4 heavy (non-hydrogen) atoms. The van der Waals surface area contributed by atoms with Crippen LogP contribution in [0.5, 0.6) is 0 Å². The molecule has 0 unspecified atom stereocenters. The molecule has 0 aliphatic rings. The van der Waals surface area contributed by atoms with Crippen LogP contribution in [-0.4, -0.2) is 27.9 Å². The van der Waals surface area contributed by atoms with E-state index in [4.69, 9.17) is 0 Å². The Morgan fingerprint density at radius 3 is 1.50 bits per heavy atom. The van der Waals surface area contributed by atoms with Crippen molar-refractivity contribution in [1.29, 1.82) is 0 Å². The van der Waals surface area contributed by atoms with Crippen LogP contribution in [0.1, 0.15) is 13.8 Å². The molecule has 1 heteroatoms. The summed E-state index contributed by atoms with van der Waals surface area (Å²) in [4.78, 5) is 0. The average molecular weight is 66.1 g/mol. The van der Waals surface area contributed by atoms with Gasteiger partial charge in [-0.3, -0.25) is 0 Å². The molecule has 0 aromatic carbocycles. The summed E-state index contributed by atoms with van der Waals surface area (Å²) in [6.45, 7) is 4.46. The maximum absolute atomic E-state index is 2.23. The molecule has 0 aliphatic carbocycles. The van der Waals surface area contributed by atoms with Crippen molar-refractivity contribution in [3.63, 3.8) is 0 Å². The van der Waals surface area contributed by atoms with E-state index in [0.29, 0.717) is 0 Å². The SMILES string of the molecule is C[CH](C)[Na]. The molecular formula is C3H7Na. The molecule has 0 atom stereocenters. The van der Waals surface area contributed by atoms with E-state index >= 15 is 0 Å². The van der Waals surface area contributed by atoms with E-state index in [1.54, 1.807) is 0 Å². The van der Waals surface area contributed by atoms with E-state index in [1.807, 2.05) is 0 Å². The first-order valence-electron chi connectivity index (χ1n) is 1.73. The zero-order chi connectivity index (χ0) is 3.58. The minimum atomic E-state index is 0.972. The zero-order valence-electron chi connectivity index (χ0n) is 3.58. The Morgan fingerprint density at radius 2 is 1.50 bits per heavy atom. The van der Waals surface area contributed by atoms with Crippen LogP contribution >= 0.6 is 0 Å². The molecule has 0 aliphatic heterocycles. The minimum absolute atomic E-state index is 0.972. The second kappa shape index (κ2) is 2.25. The summed E-state index contributed by atoms with van der Waals surface area (Å²) in [6.07, 6.45) is 0. The summed E-state index contributed by atoms with van der Waals surface area (Å²) >= 11 is 1.35. The van der Waals surface area contributed by atoms with Crippen molar-refractivity contribution in [3.8, 4) is 0 Å². The van der Waals surface area contributed by atoms with Crippen LogP contribution in [0, 0.1) is 0 Å². The topological polar surface area (TPSA) is 0 Å². The number of hydrogen-bond donors (Lipinski definition) is 0. The second-order valence-electron chi connectivity index (χ2n) is 1.73. The van der Waals surface area contributed by atoms with Crippen LogP contribution in [0.25, 0.3) is 0 Å². The van der Waals surface area contributed by atoms with Crippen LogP contribution in [0.4, 0.5) is 0 Å². The molecule has 0 aromatic heterocycles. The summed E-state index contributed by atoms with van der Waals surface area (Å²) in [6, 6.07) is 0. The molecule has 0 saturated heterocycles. The molecule has 20 valence electrons. The van der Waals surface area contributed by atoms with Gasteiger partial charge in [-0.05, 0) is 0 Å². The van der Waals surface area contributed by atoms with Crippen molar-refractivity contribution >= 4 is 27.9 Å². The quantitative estimate of drug-likeness (QED) is 0.370.